The van der Waals surface area contributed by atoms with Crippen molar-refractivity contribution in [2.24, 2.45) is 5.73 Å². The molecule has 0 radical (unpaired) electrons. The number of carboxylic acid groups (broad SMARTS) is 1. The molecule has 1 aliphatic heterocycles. The quantitative estimate of drug-likeness (QED) is 0.527. The summed E-state index contributed by atoms with van der Waals surface area (Å²) in [5, 5.41) is 9.26. The van der Waals surface area contributed by atoms with Crippen LogP contribution in [-0.4, -0.2) is 29.4 Å². The van der Waals surface area contributed by atoms with Crippen LogP contribution in [0.25, 0.3) is 0 Å². The lowest BCUT2D eigenvalue weighted by atomic mass is 9.93. The normalized spacial score (nSPS) is 13.7. The van der Waals surface area contributed by atoms with Gasteiger partial charge in [-0.3, -0.25) is 9.59 Å². The van der Waals surface area contributed by atoms with E-state index in [0.717, 1.165) is 16.7 Å². The van der Waals surface area contributed by atoms with E-state index in [4.69, 9.17) is 15.2 Å². The number of ether oxygens (including phenoxy) is 2. The van der Waals surface area contributed by atoms with Crippen molar-refractivity contribution in [3.8, 4) is 11.5 Å². The SMILES string of the molecule is CC(C)c1c(O[C@@H](c2ccc(C(N)=O)cc2)c2ccc(C(=O)O)cc2)ccc2c1OCCC2=O. The lowest BCUT2D eigenvalue weighted by Crippen LogP contribution is -2.19. The average molecular weight is 459 g/mol. The van der Waals surface area contributed by atoms with Crippen molar-refractivity contribution >= 4 is 17.7 Å². The van der Waals surface area contributed by atoms with Crippen LogP contribution in [0.4, 0.5) is 0 Å². The number of nitrogens with two attached hydrogens (primary N) is 1. The summed E-state index contributed by atoms with van der Waals surface area (Å²) in [6.45, 7) is 4.33. The van der Waals surface area contributed by atoms with E-state index in [0.29, 0.717) is 35.7 Å². The predicted octanol–water partition coefficient (Wildman–Crippen LogP) is 4.74. The molecule has 0 aromatic heterocycles. The van der Waals surface area contributed by atoms with Gasteiger partial charge in [0.1, 0.15) is 17.6 Å². The van der Waals surface area contributed by atoms with Crippen molar-refractivity contribution in [3.63, 3.8) is 0 Å². The number of primary amides is 1. The summed E-state index contributed by atoms with van der Waals surface area (Å²) in [7, 11) is 0. The molecule has 7 heteroatoms. The molecule has 1 heterocycles. The molecule has 4 rings (SSSR count). The molecule has 3 aromatic carbocycles. The highest BCUT2D eigenvalue weighted by atomic mass is 16.5. The lowest BCUT2D eigenvalue weighted by Gasteiger charge is -2.27. The zero-order chi connectivity index (χ0) is 24.4. The molecule has 1 amide bonds. The minimum atomic E-state index is -1.02. The number of hydrogen-bond donors (Lipinski definition) is 2. The number of hydrogen-bond acceptors (Lipinski definition) is 5. The molecule has 0 unspecified atom stereocenters. The Morgan fingerprint density at radius 2 is 1.53 bits per heavy atom. The summed E-state index contributed by atoms with van der Waals surface area (Å²) in [5.74, 6) is -0.384. The van der Waals surface area contributed by atoms with Gasteiger partial charge in [-0.1, -0.05) is 38.1 Å². The van der Waals surface area contributed by atoms with Crippen molar-refractivity contribution in [1.82, 2.24) is 0 Å². The van der Waals surface area contributed by atoms with Gasteiger partial charge in [0.05, 0.1) is 17.7 Å². The molecule has 0 aliphatic carbocycles. The van der Waals surface area contributed by atoms with Gasteiger partial charge in [0.15, 0.2) is 5.78 Å². The number of ketones is 1. The van der Waals surface area contributed by atoms with Gasteiger partial charge in [-0.05, 0) is 53.4 Å². The van der Waals surface area contributed by atoms with E-state index in [9.17, 15) is 19.5 Å². The Morgan fingerprint density at radius 1 is 0.941 bits per heavy atom. The molecule has 34 heavy (non-hydrogen) atoms. The zero-order valence-electron chi connectivity index (χ0n) is 18.9. The Balaban J connectivity index is 1.80. The third-order valence-electron chi connectivity index (χ3n) is 5.81. The van der Waals surface area contributed by atoms with Gasteiger partial charge in [0, 0.05) is 17.5 Å². The number of aromatic carboxylic acids is 1. The van der Waals surface area contributed by atoms with E-state index in [1.54, 1.807) is 48.5 Å². The van der Waals surface area contributed by atoms with Crippen LogP contribution in [0, 0.1) is 0 Å². The third-order valence-corrected chi connectivity index (χ3v) is 5.81. The highest BCUT2D eigenvalue weighted by Crippen LogP contribution is 2.42. The maximum absolute atomic E-state index is 12.4. The Morgan fingerprint density at radius 3 is 2.06 bits per heavy atom. The van der Waals surface area contributed by atoms with Crippen molar-refractivity contribution in [3.05, 3.63) is 94.0 Å². The highest BCUT2D eigenvalue weighted by molar-refractivity contribution is 6.00. The summed E-state index contributed by atoms with van der Waals surface area (Å²) in [6, 6.07) is 16.7. The van der Waals surface area contributed by atoms with Gasteiger partial charge in [0.2, 0.25) is 5.91 Å². The Labute approximate surface area is 197 Å². The van der Waals surface area contributed by atoms with E-state index < -0.39 is 18.0 Å². The second kappa shape index (κ2) is 9.39. The first kappa shape index (κ1) is 23.0. The van der Waals surface area contributed by atoms with Gasteiger partial charge in [-0.25, -0.2) is 4.79 Å². The van der Waals surface area contributed by atoms with Crippen LogP contribution in [0.15, 0.2) is 60.7 Å². The number of Topliss-reactive ketones (excluding diaryl/α,β-unsaturated/α-hetero) is 1. The fourth-order valence-corrected chi connectivity index (χ4v) is 4.06. The number of carbonyl (C=O) groups is 3. The molecule has 3 N–H and O–H groups in total. The summed E-state index contributed by atoms with van der Waals surface area (Å²) >= 11 is 0. The molecule has 3 aromatic rings. The number of amides is 1. The van der Waals surface area contributed by atoms with E-state index in [1.165, 1.54) is 12.1 Å². The molecular formula is C27H25NO6. The van der Waals surface area contributed by atoms with Crippen LogP contribution >= 0.6 is 0 Å². The number of fused-ring (bicyclic) bond motifs is 1. The molecule has 0 saturated heterocycles. The topological polar surface area (TPSA) is 116 Å². The minimum absolute atomic E-state index is 0.0168. The second-order valence-corrected chi connectivity index (χ2v) is 8.44. The summed E-state index contributed by atoms with van der Waals surface area (Å²) < 4.78 is 12.4. The van der Waals surface area contributed by atoms with Crippen LogP contribution in [-0.2, 0) is 0 Å². The van der Waals surface area contributed by atoms with Gasteiger partial charge >= 0.3 is 5.97 Å². The number of rotatable bonds is 7. The zero-order valence-corrected chi connectivity index (χ0v) is 18.9. The monoisotopic (exact) mass is 459 g/mol. The molecule has 0 saturated carbocycles. The Hall–Kier alpha value is -4.13. The van der Waals surface area contributed by atoms with Crippen LogP contribution < -0.4 is 15.2 Å². The first-order chi connectivity index (χ1) is 16.3. The molecule has 1 atom stereocenters. The van der Waals surface area contributed by atoms with Crippen molar-refractivity contribution in [2.75, 3.05) is 6.61 Å². The molecule has 7 nitrogen and oxygen atoms in total. The van der Waals surface area contributed by atoms with Crippen LogP contribution in [0.2, 0.25) is 0 Å². The van der Waals surface area contributed by atoms with Gasteiger partial charge in [0.25, 0.3) is 0 Å². The Kier molecular flexibility index (Phi) is 6.36. The number of carboxylic acids is 1. The van der Waals surface area contributed by atoms with Gasteiger partial charge in [-0.15, -0.1) is 0 Å². The number of benzene rings is 3. The highest BCUT2D eigenvalue weighted by Gasteiger charge is 2.27. The van der Waals surface area contributed by atoms with Gasteiger partial charge in [-0.2, -0.15) is 0 Å². The van der Waals surface area contributed by atoms with E-state index >= 15 is 0 Å². The van der Waals surface area contributed by atoms with E-state index in [1.807, 2.05) is 13.8 Å². The third kappa shape index (κ3) is 4.50. The largest absolute Gasteiger partial charge is 0.492 e. The van der Waals surface area contributed by atoms with E-state index in [-0.39, 0.29) is 17.3 Å². The first-order valence-electron chi connectivity index (χ1n) is 11.0. The van der Waals surface area contributed by atoms with Crippen molar-refractivity contribution < 1.29 is 29.0 Å². The summed E-state index contributed by atoms with van der Waals surface area (Å²) in [4.78, 5) is 35.2. The molecular weight excluding hydrogens is 434 g/mol. The summed E-state index contributed by atoms with van der Waals surface area (Å²) in [5.41, 5.74) is 8.73. The molecule has 0 fully saturated rings. The van der Waals surface area contributed by atoms with Gasteiger partial charge < -0.3 is 20.3 Å². The van der Waals surface area contributed by atoms with Crippen molar-refractivity contribution in [1.29, 1.82) is 0 Å². The molecule has 0 spiro atoms. The molecule has 1 aliphatic rings. The maximum atomic E-state index is 12.4. The molecule has 174 valence electrons. The van der Waals surface area contributed by atoms with E-state index in [2.05, 4.69) is 0 Å². The second-order valence-electron chi connectivity index (χ2n) is 8.44. The average Bonchev–Trinajstić information content (AvgIpc) is 2.82. The van der Waals surface area contributed by atoms with Crippen LogP contribution in [0.5, 0.6) is 11.5 Å². The predicted molar refractivity (Wildman–Crippen MR) is 126 cm³/mol. The Bertz CT molecular complexity index is 1190. The number of carbonyl (C=O) groups excluding carboxylic acids is 2. The fourth-order valence-electron chi connectivity index (χ4n) is 4.06. The minimum Gasteiger partial charge on any atom is -0.492 e. The first-order valence-corrected chi connectivity index (χ1v) is 11.0. The van der Waals surface area contributed by atoms with Crippen molar-refractivity contribution in [2.45, 2.75) is 32.3 Å². The smallest absolute Gasteiger partial charge is 0.335 e. The van der Waals surface area contributed by atoms with Crippen LogP contribution in [0.3, 0.4) is 0 Å². The van der Waals surface area contributed by atoms with Crippen LogP contribution in [0.1, 0.15) is 80.1 Å². The standard InChI is InChI=1S/C27H25NO6/c1-15(2)23-22(12-11-20-21(29)13-14-33-25(20)23)34-24(16-3-7-18(8-4-16)26(28)30)17-5-9-19(10-6-17)27(31)32/h3-12,15,24H,13-14H2,1-2H3,(H2,28,30)(H,31,32)/t24-/m0/s1. The fraction of sp³-hybridized carbons (Fsp3) is 0.222. The molecule has 0 bridgehead atoms. The lowest BCUT2D eigenvalue weighted by molar-refractivity contribution is 0.0696. The summed E-state index contributed by atoms with van der Waals surface area (Å²) in [6.07, 6.45) is -0.269. The maximum Gasteiger partial charge on any atom is 0.335 e.